The Labute approximate surface area is 157 Å². The number of hydrogen-bond donors (Lipinski definition) is 0. The van der Waals surface area contributed by atoms with Gasteiger partial charge in [-0.2, -0.15) is 0 Å². The highest BCUT2D eigenvalue weighted by Crippen LogP contribution is 2.37. The van der Waals surface area contributed by atoms with E-state index in [0.717, 1.165) is 0 Å². The number of furan rings is 1. The summed E-state index contributed by atoms with van der Waals surface area (Å²) in [5.74, 6) is 1.52. The highest BCUT2D eigenvalue weighted by atomic mass is 16.6. The summed E-state index contributed by atoms with van der Waals surface area (Å²) in [5, 5.41) is 11.6. The second kappa shape index (κ2) is 7.69. The Hall–Kier alpha value is -3.03. The average molecular weight is 373 g/mol. The minimum absolute atomic E-state index is 0.0274. The van der Waals surface area contributed by atoms with Crippen LogP contribution in [0.15, 0.2) is 28.7 Å². The molecule has 0 N–H and O–H groups in total. The number of anilines is 1. The summed E-state index contributed by atoms with van der Waals surface area (Å²) in [4.78, 5) is 27.6. The van der Waals surface area contributed by atoms with Crippen LogP contribution in [0.4, 0.5) is 11.4 Å². The number of nitrogens with zero attached hydrogens (tertiary/aromatic N) is 3. The molecule has 1 aromatic carbocycles. The number of carbonyl (C=O) groups excluding carboxylic acids is 1. The van der Waals surface area contributed by atoms with E-state index in [9.17, 15) is 14.9 Å². The van der Waals surface area contributed by atoms with Gasteiger partial charge in [-0.15, -0.1) is 0 Å². The van der Waals surface area contributed by atoms with Gasteiger partial charge in [-0.1, -0.05) is 6.07 Å². The predicted octanol–water partition coefficient (Wildman–Crippen LogP) is 3.17. The lowest BCUT2D eigenvalue weighted by molar-refractivity contribution is -0.385. The summed E-state index contributed by atoms with van der Waals surface area (Å²) < 4.78 is 10.9. The van der Waals surface area contributed by atoms with E-state index in [4.69, 9.17) is 9.15 Å². The zero-order chi connectivity index (χ0) is 19.6. The minimum Gasteiger partial charge on any atom is -0.487 e. The van der Waals surface area contributed by atoms with Gasteiger partial charge in [0.25, 0.3) is 5.91 Å². The molecule has 0 saturated carbocycles. The van der Waals surface area contributed by atoms with E-state index in [2.05, 4.69) is 0 Å². The van der Waals surface area contributed by atoms with Crippen molar-refractivity contribution in [2.24, 2.45) is 0 Å². The van der Waals surface area contributed by atoms with Crippen molar-refractivity contribution in [2.45, 2.75) is 20.8 Å². The molecule has 0 radical (unpaired) electrons. The smallest absolute Gasteiger partial charge is 0.333 e. The topological polar surface area (TPSA) is 89.1 Å². The van der Waals surface area contributed by atoms with Crippen LogP contribution in [0.3, 0.4) is 0 Å². The number of rotatable bonds is 5. The molecule has 2 aromatic rings. The SMILES string of the molecule is CCOc1cccc(N2CCN(C(=O)c3cc(C)oc3C)CC2)c1[N+](=O)[O-]. The summed E-state index contributed by atoms with van der Waals surface area (Å²) in [6.07, 6.45) is 0. The Morgan fingerprint density at radius 3 is 2.52 bits per heavy atom. The molecule has 144 valence electrons. The summed E-state index contributed by atoms with van der Waals surface area (Å²) in [5.41, 5.74) is 1.07. The van der Waals surface area contributed by atoms with Gasteiger partial charge in [-0.3, -0.25) is 14.9 Å². The van der Waals surface area contributed by atoms with Crippen LogP contribution in [0.2, 0.25) is 0 Å². The summed E-state index contributed by atoms with van der Waals surface area (Å²) in [6.45, 7) is 7.73. The van der Waals surface area contributed by atoms with Crippen LogP contribution < -0.4 is 9.64 Å². The first-order valence-corrected chi connectivity index (χ1v) is 8.93. The molecule has 8 heteroatoms. The van der Waals surface area contributed by atoms with Gasteiger partial charge >= 0.3 is 5.69 Å². The second-order valence-electron chi connectivity index (χ2n) is 6.42. The molecule has 1 amide bonds. The number of benzene rings is 1. The van der Waals surface area contributed by atoms with E-state index in [0.29, 0.717) is 55.6 Å². The highest BCUT2D eigenvalue weighted by Gasteiger charge is 2.29. The fraction of sp³-hybridized carbons (Fsp3) is 0.421. The number of nitro benzene ring substituents is 1. The van der Waals surface area contributed by atoms with Crippen molar-refractivity contribution in [3.63, 3.8) is 0 Å². The molecular weight excluding hydrogens is 350 g/mol. The number of aryl methyl sites for hydroxylation is 2. The molecule has 1 fully saturated rings. The predicted molar refractivity (Wildman–Crippen MR) is 101 cm³/mol. The third-order valence-corrected chi connectivity index (χ3v) is 4.64. The number of ether oxygens (including phenoxy) is 1. The van der Waals surface area contributed by atoms with E-state index < -0.39 is 4.92 Å². The Balaban J connectivity index is 1.76. The largest absolute Gasteiger partial charge is 0.487 e. The minimum atomic E-state index is -0.407. The van der Waals surface area contributed by atoms with Crippen molar-refractivity contribution in [1.29, 1.82) is 0 Å². The summed E-state index contributed by atoms with van der Waals surface area (Å²) >= 11 is 0. The molecule has 2 heterocycles. The normalized spacial score (nSPS) is 14.3. The molecule has 0 spiro atoms. The van der Waals surface area contributed by atoms with Crippen molar-refractivity contribution in [3.05, 3.63) is 51.5 Å². The van der Waals surface area contributed by atoms with Gasteiger partial charge in [0.05, 0.1) is 17.1 Å². The average Bonchev–Trinajstić information content (AvgIpc) is 2.99. The molecule has 1 aliphatic heterocycles. The third-order valence-electron chi connectivity index (χ3n) is 4.64. The first kappa shape index (κ1) is 18.8. The zero-order valence-electron chi connectivity index (χ0n) is 15.7. The van der Waals surface area contributed by atoms with E-state index in [1.807, 2.05) is 11.8 Å². The quantitative estimate of drug-likeness (QED) is 0.591. The lowest BCUT2D eigenvalue weighted by Crippen LogP contribution is -2.49. The molecule has 1 aromatic heterocycles. The van der Waals surface area contributed by atoms with E-state index >= 15 is 0 Å². The fourth-order valence-corrected chi connectivity index (χ4v) is 3.39. The molecule has 0 aliphatic carbocycles. The van der Waals surface area contributed by atoms with Crippen molar-refractivity contribution in [3.8, 4) is 5.75 Å². The summed E-state index contributed by atoms with van der Waals surface area (Å²) in [6, 6.07) is 6.83. The Kier molecular flexibility index (Phi) is 5.34. The molecule has 0 bridgehead atoms. The van der Waals surface area contributed by atoms with Gasteiger partial charge in [0.15, 0.2) is 5.75 Å². The van der Waals surface area contributed by atoms with Crippen LogP contribution >= 0.6 is 0 Å². The van der Waals surface area contributed by atoms with Gasteiger partial charge in [0, 0.05) is 26.2 Å². The van der Waals surface area contributed by atoms with E-state index in [1.54, 1.807) is 43.0 Å². The monoisotopic (exact) mass is 373 g/mol. The van der Waals surface area contributed by atoms with Gasteiger partial charge in [0.2, 0.25) is 0 Å². The van der Waals surface area contributed by atoms with Crippen LogP contribution in [-0.2, 0) is 0 Å². The molecule has 3 rings (SSSR count). The number of piperazine rings is 1. The molecule has 8 nitrogen and oxygen atoms in total. The molecule has 27 heavy (non-hydrogen) atoms. The number of amides is 1. The molecular formula is C19H23N3O5. The first-order chi connectivity index (χ1) is 12.9. The number of hydrogen-bond acceptors (Lipinski definition) is 6. The zero-order valence-corrected chi connectivity index (χ0v) is 15.7. The third kappa shape index (κ3) is 3.74. The first-order valence-electron chi connectivity index (χ1n) is 8.93. The number of para-hydroxylation sites is 1. The van der Waals surface area contributed by atoms with Gasteiger partial charge in [-0.25, -0.2) is 0 Å². The Morgan fingerprint density at radius 2 is 1.96 bits per heavy atom. The fourth-order valence-electron chi connectivity index (χ4n) is 3.39. The number of carbonyl (C=O) groups is 1. The lowest BCUT2D eigenvalue weighted by atomic mass is 10.1. The second-order valence-corrected chi connectivity index (χ2v) is 6.42. The maximum Gasteiger partial charge on any atom is 0.333 e. The van der Waals surface area contributed by atoms with Gasteiger partial charge in [-0.05, 0) is 39.0 Å². The van der Waals surface area contributed by atoms with Crippen LogP contribution in [0.25, 0.3) is 0 Å². The number of nitro groups is 1. The van der Waals surface area contributed by atoms with Crippen molar-refractivity contribution >= 4 is 17.3 Å². The van der Waals surface area contributed by atoms with Gasteiger partial charge < -0.3 is 19.0 Å². The lowest BCUT2D eigenvalue weighted by Gasteiger charge is -2.35. The van der Waals surface area contributed by atoms with E-state index in [1.165, 1.54) is 0 Å². The summed E-state index contributed by atoms with van der Waals surface area (Å²) in [7, 11) is 0. The maximum atomic E-state index is 12.7. The van der Waals surface area contributed by atoms with Crippen LogP contribution in [-0.4, -0.2) is 48.5 Å². The maximum absolute atomic E-state index is 12.7. The highest BCUT2D eigenvalue weighted by molar-refractivity contribution is 5.95. The van der Waals surface area contributed by atoms with Crippen LogP contribution in [0.1, 0.15) is 28.8 Å². The molecule has 1 saturated heterocycles. The Bertz CT molecular complexity index is 853. The van der Waals surface area contributed by atoms with Crippen LogP contribution in [0.5, 0.6) is 5.75 Å². The molecule has 0 unspecified atom stereocenters. The van der Waals surface area contributed by atoms with Crippen molar-refractivity contribution < 1.29 is 18.9 Å². The van der Waals surface area contributed by atoms with E-state index in [-0.39, 0.29) is 17.3 Å². The van der Waals surface area contributed by atoms with Gasteiger partial charge in [0.1, 0.15) is 17.2 Å². The molecule has 1 aliphatic rings. The van der Waals surface area contributed by atoms with Crippen molar-refractivity contribution in [1.82, 2.24) is 4.90 Å². The standard InChI is InChI=1S/C19H23N3O5/c1-4-26-17-7-5-6-16(18(17)22(24)25)20-8-10-21(11-9-20)19(23)15-12-13(2)27-14(15)3/h5-7,12H,4,8-11H2,1-3H3. The van der Waals surface area contributed by atoms with Crippen molar-refractivity contribution in [2.75, 3.05) is 37.7 Å². The molecule has 0 atom stereocenters. The van der Waals surface area contributed by atoms with Crippen LogP contribution in [0, 0.1) is 24.0 Å². The Morgan fingerprint density at radius 1 is 1.26 bits per heavy atom.